The van der Waals surface area contributed by atoms with Crippen molar-refractivity contribution < 1.29 is 31.2 Å². The minimum Gasteiger partial charge on any atom is -0.352 e. The Kier molecular flexibility index (Phi) is 10.4. The van der Waals surface area contributed by atoms with E-state index in [-0.39, 0.29) is 22.5 Å². The zero-order valence-corrected chi connectivity index (χ0v) is 25.1. The van der Waals surface area contributed by atoms with Gasteiger partial charge >= 0.3 is 6.18 Å². The SMILES string of the molecule is CC(C(=O)NC1CCCCC1)N(Cc1ccccc1)C(=O)CN(c1cc(C(F)(F)F)ccc1Cl)S(=O)(=O)c1ccccc1. The molecule has 3 aromatic rings. The molecule has 1 unspecified atom stereocenters. The average Bonchev–Trinajstić information content (AvgIpc) is 2.99. The minimum atomic E-state index is -4.80. The van der Waals surface area contributed by atoms with Crippen LogP contribution in [0.5, 0.6) is 0 Å². The van der Waals surface area contributed by atoms with Crippen molar-refractivity contribution in [2.24, 2.45) is 0 Å². The summed E-state index contributed by atoms with van der Waals surface area (Å²) in [5, 5.41) is 2.71. The first-order valence-electron chi connectivity index (χ1n) is 14.0. The number of carbonyl (C=O) groups is 2. The Morgan fingerprint density at radius 3 is 2.16 bits per heavy atom. The third kappa shape index (κ3) is 8.08. The fourth-order valence-corrected chi connectivity index (χ4v) is 6.76. The molecule has 1 atom stereocenters. The van der Waals surface area contributed by atoms with Crippen molar-refractivity contribution in [3.05, 3.63) is 95.0 Å². The minimum absolute atomic E-state index is 0.0313. The summed E-state index contributed by atoms with van der Waals surface area (Å²) in [6, 6.07) is 17.1. The van der Waals surface area contributed by atoms with Crippen LogP contribution in [0, 0.1) is 0 Å². The van der Waals surface area contributed by atoms with Gasteiger partial charge in [-0.15, -0.1) is 0 Å². The van der Waals surface area contributed by atoms with Crippen molar-refractivity contribution in [3.8, 4) is 0 Å². The Hall–Kier alpha value is -3.57. The molecule has 230 valence electrons. The van der Waals surface area contributed by atoms with Crippen LogP contribution >= 0.6 is 11.6 Å². The lowest BCUT2D eigenvalue weighted by Crippen LogP contribution is -2.53. The van der Waals surface area contributed by atoms with Crippen LogP contribution in [-0.4, -0.2) is 43.8 Å². The average molecular weight is 636 g/mol. The van der Waals surface area contributed by atoms with E-state index in [0.29, 0.717) is 15.9 Å². The number of carbonyl (C=O) groups excluding carboxylic acids is 2. The molecule has 0 spiro atoms. The summed E-state index contributed by atoms with van der Waals surface area (Å²) in [6.45, 7) is 0.618. The monoisotopic (exact) mass is 635 g/mol. The molecule has 0 bridgehead atoms. The third-order valence-electron chi connectivity index (χ3n) is 7.47. The second-order valence-electron chi connectivity index (χ2n) is 10.5. The van der Waals surface area contributed by atoms with Crippen molar-refractivity contribution in [1.29, 1.82) is 0 Å². The highest BCUT2D eigenvalue weighted by molar-refractivity contribution is 7.92. The fraction of sp³-hybridized carbons (Fsp3) is 0.355. The zero-order chi connectivity index (χ0) is 31.2. The molecule has 4 rings (SSSR count). The van der Waals surface area contributed by atoms with Crippen LogP contribution in [0.4, 0.5) is 18.9 Å². The van der Waals surface area contributed by atoms with Crippen molar-refractivity contribution >= 4 is 39.1 Å². The Bertz CT molecular complexity index is 1520. The Balaban J connectivity index is 1.73. The molecule has 0 aromatic heterocycles. The summed E-state index contributed by atoms with van der Waals surface area (Å²) >= 11 is 6.29. The molecular formula is C31H33ClF3N3O4S. The zero-order valence-electron chi connectivity index (χ0n) is 23.6. The highest BCUT2D eigenvalue weighted by Crippen LogP contribution is 2.37. The maximum absolute atomic E-state index is 14.0. The number of alkyl halides is 3. The molecule has 43 heavy (non-hydrogen) atoms. The summed E-state index contributed by atoms with van der Waals surface area (Å²) in [5.74, 6) is -1.19. The smallest absolute Gasteiger partial charge is 0.352 e. The summed E-state index contributed by atoms with van der Waals surface area (Å²) in [7, 11) is -4.58. The van der Waals surface area contributed by atoms with Crippen LogP contribution in [0.1, 0.15) is 50.2 Å². The van der Waals surface area contributed by atoms with E-state index in [9.17, 15) is 31.2 Å². The number of hydrogen-bond donors (Lipinski definition) is 1. The number of anilines is 1. The molecule has 1 saturated carbocycles. The molecule has 0 heterocycles. The number of hydrogen-bond acceptors (Lipinski definition) is 4. The molecule has 0 saturated heterocycles. The fourth-order valence-electron chi connectivity index (χ4n) is 5.04. The molecule has 1 fully saturated rings. The molecule has 1 aliphatic rings. The van der Waals surface area contributed by atoms with Gasteiger partial charge in [0.25, 0.3) is 10.0 Å². The van der Waals surface area contributed by atoms with Crippen LogP contribution in [0.3, 0.4) is 0 Å². The van der Waals surface area contributed by atoms with Crippen LogP contribution in [-0.2, 0) is 32.3 Å². The topological polar surface area (TPSA) is 86.8 Å². The molecule has 3 aromatic carbocycles. The van der Waals surface area contributed by atoms with Crippen molar-refractivity contribution in [2.45, 2.75) is 68.7 Å². The summed E-state index contributed by atoms with van der Waals surface area (Å²) in [4.78, 5) is 28.4. The van der Waals surface area contributed by atoms with Gasteiger partial charge in [-0.05, 0) is 55.7 Å². The third-order valence-corrected chi connectivity index (χ3v) is 9.56. The predicted octanol–water partition coefficient (Wildman–Crippen LogP) is 6.42. The molecule has 1 N–H and O–H groups in total. The Morgan fingerprint density at radius 1 is 0.953 bits per heavy atom. The van der Waals surface area contributed by atoms with Gasteiger partial charge in [-0.3, -0.25) is 13.9 Å². The normalized spacial score (nSPS) is 15.0. The Labute approximate surface area is 254 Å². The van der Waals surface area contributed by atoms with Crippen molar-refractivity contribution in [2.75, 3.05) is 10.8 Å². The lowest BCUT2D eigenvalue weighted by atomic mass is 9.95. The number of nitrogens with zero attached hydrogens (tertiary/aromatic N) is 2. The summed E-state index contributed by atoms with van der Waals surface area (Å²) in [6.07, 6.45) is -0.0997. The number of halogens is 4. The van der Waals surface area contributed by atoms with E-state index in [1.54, 1.807) is 43.3 Å². The quantitative estimate of drug-likeness (QED) is 0.279. The van der Waals surface area contributed by atoms with Gasteiger partial charge in [0.15, 0.2) is 0 Å². The van der Waals surface area contributed by atoms with Crippen LogP contribution in [0.25, 0.3) is 0 Å². The standard InChI is InChI=1S/C31H33ClF3N3O4S/c1-22(30(40)36-25-13-7-3-8-14-25)37(20-23-11-5-2-6-12-23)29(39)21-38(43(41,42)26-15-9-4-10-16-26)28-19-24(31(33,34)35)17-18-27(28)32/h2,4-6,9-12,15-19,22,25H,3,7-8,13-14,20-21H2,1H3,(H,36,40). The molecule has 12 heteroatoms. The van der Waals surface area contributed by atoms with Crippen molar-refractivity contribution in [3.63, 3.8) is 0 Å². The summed E-state index contributed by atoms with van der Waals surface area (Å²) < 4.78 is 69.3. The van der Waals surface area contributed by atoms with Gasteiger partial charge in [0.05, 0.1) is 21.2 Å². The molecule has 1 aliphatic carbocycles. The van der Waals surface area contributed by atoms with Crippen LogP contribution < -0.4 is 9.62 Å². The van der Waals surface area contributed by atoms with Gasteiger partial charge in [-0.2, -0.15) is 13.2 Å². The lowest BCUT2D eigenvalue weighted by molar-refractivity contribution is -0.139. The van der Waals surface area contributed by atoms with E-state index in [4.69, 9.17) is 11.6 Å². The second kappa shape index (κ2) is 13.8. The first-order chi connectivity index (χ1) is 20.4. The van der Waals surface area contributed by atoms with E-state index >= 15 is 0 Å². The van der Waals surface area contributed by atoms with E-state index in [1.165, 1.54) is 29.2 Å². The highest BCUT2D eigenvalue weighted by Gasteiger charge is 2.36. The van der Waals surface area contributed by atoms with Gasteiger partial charge in [-0.25, -0.2) is 8.42 Å². The largest absolute Gasteiger partial charge is 0.416 e. The Morgan fingerprint density at radius 2 is 1.56 bits per heavy atom. The maximum atomic E-state index is 14.0. The number of benzene rings is 3. The molecule has 2 amide bonds. The van der Waals surface area contributed by atoms with E-state index < -0.39 is 51.9 Å². The van der Waals surface area contributed by atoms with Crippen LogP contribution in [0.15, 0.2) is 83.8 Å². The maximum Gasteiger partial charge on any atom is 0.416 e. The van der Waals surface area contributed by atoms with E-state index in [0.717, 1.165) is 44.2 Å². The number of nitrogens with one attached hydrogen (secondary N) is 1. The number of sulfonamides is 1. The highest BCUT2D eigenvalue weighted by atomic mass is 35.5. The molecular weight excluding hydrogens is 603 g/mol. The van der Waals surface area contributed by atoms with Gasteiger partial charge in [-0.1, -0.05) is 79.4 Å². The number of rotatable bonds is 10. The van der Waals surface area contributed by atoms with Gasteiger partial charge in [0.1, 0.15) is 12.6 Å². The van der Waals surface area contributed by atoms with Gasteiger partial charge < -0.3 is 10.2 Å². The van der Waals surface area contributed by atoms with E-state index in [1.807, 2.05) is 0 Å². The van der Waals surface area contributed by atoms with Gasteiger partial charge in [0.2, 0.25) is 11.8 Å². The first kappa shape index (κ1) is 32.3. The van der Waals surface area contributed by atoms with Crippen LogP contribution in [0.2, 0.25) is 5.02 Å². The lowest BCUT2D eigenvalue weighted by Gasteiger charge is -2.33. The number of amides is 2. The van der Waals surface area contributed by atoms with E-state index in [2.05, 4.69) is 5.32 Å². The first-order valence-corrected chi connectivity index (χ1v) is 15.8. The second-order valence-corrected chi connectivity index (χ2v) is 12.8. The van der Waals surface area contributed by atoms with Gasteiger partial charge in [0, 0.05) is 12.6 Å². The molecule has 7 nitrogen and oxygen atoms in total. The van der Waals surface area contributed by atoms with Crippen molar-refractivity contribution in [1.82, 2.24) is 10.2 Å². The predicted molar refractivity (Wildman–Crippen MR) is 159 cm³/mol. The summed E-state index contributed by atoms with van der Waals surface area (Å²) in [5.41, 5.74) is -0.954. The molecule has 0 radical (unpaired) electrons. The molecule has 0 aliphatic heterocycles.